The van der Waals surface area contributed by atoms with Crippen molar-refractivity contribution in [1.29, 1.82) is 0 Å². The fourth-order valence-corrected chi connectivity index (χ4v) is 3.07. The van der Waals surface area contributed by atoms with E-state index in [1.54, 1.807) is 6.20 Å². The van der Waals surface area contributed by atoms with Gasteiger partial charge >= 0.3 is 5.97 Å². The summed E-state index contributed by atoms with van der Waals surface area (Å²) in [6.45, 7) is 4.80. The molecule has 7 nitrogen and oxygen atoms in total. The summed E-state index contributed by atoms with van der Waals surface area (Å²) >= 11 is 0. The van der Waals surface area contributed by atoms with Crippen molar-refractivity contribution >= 4 is 11.8 Å². The Morgan fingerprint density at radius 2 is 2.36 bits per heavy atom. The normalized spacial score (nSPS) is 29.4. The number of cyclic esters (lactones) is 1. The third kappa shape index (κ3) is 3.36. The topological polar surface area (TPSA) is 67.8 Å². The first-order valence-corrected chi connectivity index (χ1v) is 7.68. The number of aromatic nitrogens is 2. The van der Waals surface area contributed by atoms with E-state index in [0.29, 0.717) is 13.2 Å². The Kier molecular flexibility index (Phi) is 4.54. The molecule has 2 fully saturated rings. The Morgan fingerprint density at radius 1 is 1.50 bits per heavy atom. The van der Waals surface area contributed by atoms with Gasteiger partial charge in [-0.15, -0.1) is 5.10 Å². The number of morpholine rings is 1. The molecule has 2 saturated heterocycles. The maximum absolute atomic E-state index is 11.9. The molecule has 2 aliphatic heterocycles. The highest BCUT2D eigenvalue weighted by Crippen LogP contribution is 2.22. The Morgan fingerprint density at radius 3 is 3.05 bits per heavy atom. The second-order valence-electron chi connectivity index (χ2n) is 5.95. The lowest BCUT2D eigenvalue weighted by Crippen LogP contribution is -2.52. The smallest absolute Gasteiger partial charge is 0.323 e. The Labute approximate surface area is 130 Å². The summed E-state index contributed by atoms with van der Waals surface area (Å²) in [5.41, 5.74) is 0. The molecular formula is C15H22N4O3. The molecule has 3 heterocycles. The van der Waals surface area contributed by atoms with Gasteiger partial charge in [0.05, 0.1) is 12.7 Å². The fourth-order valence-electron chi connectivity index (χ4n) is 3.07. The average Bonchev–Trinajstić information content (AvgIpc) is 2.87. The minimum atomic E-state index is -0.122. The van der Waals surface area contributed by atoms with E-state index in [1.807, 2.05) is 31.0 Å². The van der Waals surface area contributed by atoms with Crippen LogP contribution in [-0.4, -0.2) is 72.6 Å². The zero-order chi connectivity index (χ0) is 15.5. The van der Waals surface area contributed by atoms with Gasteiger partial charge < -0.3 is 14.4 Å². The zero-order valence-electron chi connectivity index (χ0n) is 13.0. The Balaban J connectivity index is 1.58. The van der Waals surface area contributed by atoms with E-state index in [-0.39, 0.29) is 24.2 Å². The van der Waals surface area contributed by atoms with Crippen LogP contribution >= 0.6 is 0 Å². The molecule has 0 amide bonds. The van der Waals surface area contributed by atoms with E-state index in [1.165, 1.54) is 0 Å². The number of anilines is 1. The van der Waals surface area contributed by atoms with Gasteiger partial charge in [0.25, 0.3) is 0 Å². The van der Waals surface area contributed by atoms with Crippen molar-refractivity contribution in [2.75, 3.05) is 38.2 Å². The van der Waals surface area contributed by atoms with Gasteiger partial charge in [-0.3, -0.25) is 9.69 Å². The molecule has 0 aromatic carbocycles. The number of carbonyl (C=O) groups is 1. The molecule has 0 N–H and O–H groups in total. The van der Waals surface area contributed by atoms with Crippen LogP contribution < -0.4 is 4.90 Å². The van der Waals surface area contributed by atoms with Crippen molar-refractivity contribution in [3.63, 3.8) is 0 Å². The molecule has 0 unspecified atom stereocenters. The maximum atomic E-state index is 11.9. The van der Waals surface area contributed by atoms with Gasteiger partial charge in [0, 0.05) is 39.3 Å². The number of carbonyl (C=O) groups excluding carboxylic acids is 1. The van der Waals surface area contributed by atoms with Crippen molar-refractivity contribution in [3.05, 3.63) is 18.3 Å². The van der Waals surface area contributed by atoms with Crippen molar-refractivity contribution in [2.45, 2.75) is 31.6 Å². The van der Waals surface area contributed by atoms with Gasteiger partial charge in [-0.1, -0.05) is 0 Å². The summed E-state index contributed by atoms with van der Waals surface area (Å²) < 4.78 is 11.1. The van der Waals surface area contributed by atoms with E-state index in [9.17, 15) is 4.79 Å². The number of hydrogen-bond acceptors (Lipinski definition) is 7. The van der Waals surface area contributed by atoms with E-state index < -0.39 is 0 Å². The van der Waals surface area contributed by atoms with Gasteiger partial charge in [0.15, 0.2) is 5.82 Å². The summed E-state index contributed by atoms with van der Waals surface area (Å²) in [7, 11) is 1.97. The molecule has 7 heteroatoms. The highest BCUT2D eigenvalue weighted by molar-refractivity contribution is 5.78. The molecule has 1 aromatic heterocycles. The van der Waals surface area contributed by atoms with Crippen molar-refractivity contribution in [2.24, 2.45) is 0 Å². The van der Waals surface area contributed by atoms with Gasteiger partial charge in [0.1, 0.15) is 12.1 Å². The first-order chi connectivity index (χ1) is 10.6. The zero-order valence-corrected chi connectivity index (χ0v) is 13.0. The van der Waals surface area contributed by atoms with Crippen molar-refractivity contribution in [3.8, 4) is 0 Å². The van der Waals surface area contributed by atoms with Crippen LogP contribution in [0.1, 0.15) is 13.3 Å². The summed E-state index contributed by atoms with van der Waals surface area (Å²) in [5.74, 6) is 0.715. The molecule has 0 aliphatic carbocycles. The molecule has 3 atom stereocenters. The quantitative estimate of drug-likeness (QED) is 0.742. The lowest BCUT2D eigenvalue weighted by Gasteiger charge is -2.36. The highest BCUT2D eigenvalue weighted by Gasteiger charge is 2.38. The van der Waals surface area contributed by atoms with Crippen LogP contribution in [0.3, 0.4) is 0 Å². The van der Waals surface area contributed by atoms with E-state index in [4.69, 9.17) is 9.47 Å². The van der Waals surface area contributed by atoms with Crippen LogP contribution in [-0.2, 0) is 14.3 Å². The van der Waals surface area contributed by atoms with Gasteiger partial charge in [0.2, 0.25) is 0 Å². The number of ether oxygens (including phenoxy) is 2. The van der Waals surface area contributed by atoms with E-state index in [2.05, 4.69) is 15.1 Å². The standard InChI is InChI=1S/C15H22N4O3/c1-11-8-13(15(20)22-11)19-6-7-21-12(10-19)9-18(2)14-4-3-5-16-17-14/h3-5,11-13H,6-10H2,1-2H3/t11-,12-,13+/m1/s1. The first-order valence-electron chi connectivity index (χ1n) is 7.68. The first kappa shape index (κ1) is 15.2. The van der Waals surface area contributed by atoms with Gasteiger partial charge in [-0.2, -0.15) is 5.10 Å². The van der Waals surface area contributed by atoms with Crippen LogP contribution in [0.4, 0.5) is 5.82 Å². The summed E-state index contributed by atoms with van der Waals surface area (Å²) in [6, 6.07) is 3.66. The van der Waals surface area contributed by atoms with E-state index >= 15 is 0 Å². The average molecular weight is 306 g/mol. The fraction of sp³-hybridized carbons (Fsp3) is 0.667. The molecule has 2 aliphatic rings. The largest absolute Gasteiger partial charge is 0.461 e. The summed E-state index contributed by atoms with van der Waals surface area (Å²) in [4.78, 5) is 16.1. The number of esters is 1. The lowest BCUT2D eigenvalue weighted by molar-refractivity contribution is -0.146. The molecule has 22 heavy (non-hydrogen) atoms. The third-order valence-corrected chi connectivity index (χ3v) is 4.18. The SMILES string of the molecule is C[C@@H]1C[C@H](N2CCO[C@H](CN(C)c3cccnn3)C2)C(=O)O1. The second kappa shape index (κ2) is 6.58. The van der Waals surface area contributed by atoms with Crippen LogP contribution in [0.5, 0.6) is 0 Å². The highest BCUT2D eigenvalue weighted by atomic mass is 16.6. The maximum Gasteiger partial charge on any atom is 0.323 e. The Bertz CT molecular complexity index is 513. The van der Waals surface area contributed by atoms with Gasteiger partial charge in [-0.25, -0.2) is 0 Å². The number of hydrogen-bond donors (Lipinski definition) is 0. The van der Waals surface area contributed by atoms with E-state index in [0.717, 1.165) is 25.3 Å². The minimum Gasteiger partial charge on any atom is -0.461 e. The lowest BCUT2D eigenvalue weighted by atomic mass is 10.1. The molecule has 0 saturated carbocycles. The molecule has 0 radical (unpaired) electrons. The monoisotopic (exact) mass is 306 g/mol. The second-order valence-corrected chi connectivity index (χ2v) is 5.95. The number of rotatable bonds is 4. The Hall–Kier alpha value is -1.73. The third-order valence-electron chi connectivity index (χ3n) is 4.18. The molecule has 120 valence electrons. The van der Waals surface area contributed by atoms with Crippen LogP contribution in [0.15, 0.2) is 18.3 Å². The number of nitrogens with zero attached hydrogens (tertiary/aromatic N) is 4. The minimum absolute atomic E-state index is 0.0149. The molecule has 3 rings (SSSR count). The van der Waals surface area contributed by atoms with Crippen LogP contribution in [0, 0.1) is 0 Å². The molecular weight excluding hydrogens is 284 g/mol. The predicted octanol–water partition coefficient (Wildman–Crippen LogP) is 0.318. The van der Waals surface area contributed by atoms with Crippen LogP contribution in [0.2, 0.25) is 0 Å². The summed E-state index contributed by atoms with van der Waals surface area (Å²) in [5, 5.41) is 7.99. The predicted molar refractivity (Wildman–Crippen MR) is 80.6 cm³/mol. The van der Waals surface area contributed by atoms with Crippen LogP contribution in [0.25, 0.3) is 0 Å². The summed E-state index contributed by atoms with van der Waals surface area (Å²) in [6.07, 6.45) is 2.49. The molecule has 0 spiro atoms. The molecule has 1 aromatic rings. The van der Waals surface area contributed by atoms with Crippen molar-refractivity contribution < 1.29 is 14.3 Å². The number of likely N-dealkylation sites (N-methyl/N-ethyl adjacent to an activating group) is 1. The van der Waals surface area contributed by atoms with Crippen molar-refractivity contribution in [1.82, 2.24) is 15.1 Å². The molecule has 0 bridgehead atoms. The van der Waals surface area contributed by atoms with Gasteiger partial charge in [-0.05, 0) is 19.1 Å².